The standard InChI is InChI=1S/C13H13FN2O3/c14-13(6-5-10(17)15-12(13)19)16-7-8-3-1-2-4-9(8)11(16)18/h1-4,11,18H,5-7H2,(H,15,17,19). The fourth-order valence-electron chi connectivity index (χ4n) is 2.64. The fraction of sp³-hybridized carbons (Fsp3) is 0.385. The van der Waals surface area contributed by atoms with Gasteiger partial charge in [0.2, 0.25) is 11.7 Å². The summed E-state index contributed by atoms with van der Waals surface area (Å²) in [6.45, 7) is 0.148. The van der Waals surface area contributed by atoms with Crippen LogP contribution in [-0.2, 0) is 16.1 Å². The number of nitrogens with zero attached hydrogens (tertiary/aromatic N) is 1. The molecule has 2 atom stereocenters. The molecule has 6 heteroatoms. The van der Waals surface area contributed by atoms with Crippen molar-refractivity contribution in [2.24, 2.45) is 0 Å². The van der Waals surface area contributed by atoms with Gasteiger partial charge in [-0.3, -0.25) is 14.9 Å². The quantitative estimate of drug-likeness (QED) is 0.575. The second-order valence-electron chi connectivity index (χ2n) is 4.84. The van der Waals surface area contributed by atoms with E-state index in [9.17, 15) is 19.1 Å². The molecule has 2 heterocycles. The van der Waals surface area contributed by atoms with Crippen LogP contribution in [-0.4, -0.2) is 27.6 Å². The van der Waals surface area contributed by atoms with Gasteiger partial charge >= 0.3 is 0 Å². The van der Waals surface area contributed by atoms with Crippen LogP contribution in [0.4, 0.5) is 4.39 Å². The van der Waals surface area contributed by atoms with Gasteiger partial charge in [-0.2, -0.15) is 0 Å². The second kappa shape index (κ2) is 4.11. The minimum Gasteiger partial charge on any atom is -0.374 e. The molecule has 2 N–H and O–H groups in total. The summed E-state index contributed by atoms with van der Waals surface area (Å²) in [4.78, 5) is 23.9. The van der Waals surface area contributed by atoms with Crippen LogP contribution in [0.1, 0.15) is 30.2 Å². The monoisotopic (exact) mass is 264 g/mol. The molecule has 0 bridgehead atoms. The molecule has 0 saturated carbocycles. The van der Waals surface area contributed by atoms with Crippen molar-refractivity contribution in [1.82, 2.24) is 10.2 Å². The molecule has 100 valence electrons. The molecule has 2 unspecified atom stereocenters. The Morgan fingerprint density at radius 1 is 1.37 bits per heavy atom. The average Bonchev–Trinajstić information content (AvgIpc) is 2.73. The Balaban J connectivity index is 1.92. The Labute approximate surface area is 109 Å². The first-order valence-electron chi connectivity index (χ1n) is 6.08. The number of rotatable bonds is 1. The van der Waals surface area contributed by atoms with E-state index < -0.39 is 23.8 Å². The van der Waals surface area contributed by atoms with Gasteiger partial charge in [-0.25, -0.2) is 9.29 Å². The molecular weight excluding hydrogens is 251 g/mol. The van der Waals surface area contributed by atoms with Crippen LogP contribution in [0.25, 0.3) is 0 Å². The Morgan fingerprint density at radius 2 is 2.11 bits per heavy atom. The summed E-state index contributed by atoms with van der Waals surface area (Å²) in [5.74, 6) is -3.81. The van der Waals surface area contributed by atoms with Crippen LogP contribution in [0.5, 0.6) is 0 Å². The number of aliphatic hydroxyl groups is 1. The highest BCUT2D eigenvalue weighted by Gasteiger charge is 2.52. The minimum absolute atomic E-state index is 0.0677. The fourth-order valence-corrected chi connectivity index (χ4v) is 2.64. The van der Waals surface area contributed by atoms with E-state index in [2.05, 4.69) is 0 Å². The van der Waals surface area contributed by atoms with E-state index >= 15 is 0 Å². The topological polar surface area (TPSA) is 69.6 Å². The van der Waals surface area contributed by atoms with E-state index in [1.807, 2.05) is 5.32 Å². The lowest BCUT2D eigenvalue weighted by Crippen LogP contribution is -2.59. The molecule has 0 aromatic heterocycles. The van der Waals surface area contributed by atoms with Crippen molar-refractivity contribution in [3.63, 3.8) is 0 Å². The normalized spacial score (nSPS) is 31.2. The third kappa shape index (κ3) is 1.75. The smallest absolute Gasteiger partial charge is 0.279 e. The first-order valence-corrected chi connectivity index (χ1v) is 6.08. The maximum Gasteiger partial charge on any atom is 0.279 e. The molecule has 0 aliphatic carbocycles. The van der Waals surface area contributed by atoms with Crippen molar-refractivity contribution >= 4 is 11.8 Å². The minimum atomic E-state index is -2.34. The Bertz CT molecular complexity index is 563. The molecule has 0 radical (unpaired) electrons. The predicted molar refractivity (Wildman–Crippen MR) is 63.2 cm³/mol. The molecule has 19 heavy (non-hydrogen) atoms. The van der Waals surface area contributed by atoms with Crippen LogP contribution in [0.15, 0.2) is 24.3 Å². The summed E-state index contributed by atoms with van der Waals surface area (Å²) in [6.07, 6.45) is -1.47. The number of carbonyl (C=O) groups excluding carboxylic acids is 2. The molecule has 1 aromatic carbocycles. The summed E-state index contributed by atoms with van der Waals surface area (Å²) in [5.41, 5.74) is 1.39. The maximum atomic E-state index is 14.9. The number of aliphatic hydroxyl groups excluding tert-OH is 1. The van der Waals surface area contributed by atoms with E-state index in [1.165, 1.54) is 0 Å². The molecule has 1 fully saturated rings. The van der Waals surface area contributed by atoms with Crippen molar-refractivity contribution < 1.29 is 19.1 Å². The largest absolute Gasteiger partial charge is 0.374 e. The number of halogens is 1. The van der Waals surface area contributed by atoms with Crippen LogP contribution in [0, 0.1) is 0 Å². The molecule has 5 nitrogen and oxygen atoms in total. The van der Waals surface area contributed by atoms with Gasteiger partial charge in [-0.1, -0.05) is 24.3 Å². The van der Waals surface area contributed by atoms with Crippen molar-refractivity contribution in [1.29, 1.82) is 0 Å². The number of hydrogen-bond acceptors (Lipinski definition) is 4. The zero-order chi connectivity index (χ0) is 13.6. The number of nitrogens with one attached hydrogen (secondary N) is 1. The van der Waals surface area contributed by atoms with E-state index in [0.717, 1.165) is 10.5 Å². The summed E-state index contributed by atoms with van der Waals surface area (Å²) in [5, 5.41) is 12.2. The van der Waals surface area contributed by atoms with E-state index in [4.69, 9.17) is 0 Å². The van der Waals surface area contributed by atoms with Crippen LogP contribution < -0.4 is 5.32 Å². The lowest BCUT2D eigenvalue weighted by Gasteiger charge is -2.37. The highest BCUT2D eigenvalue weighted by atomic mass is 19.1. The highest BCUT2D eigenvalue weighted by molar-refractivity contribution is 6.01. The van der Waals surface area contributed by atoms with Gasteiger partial charge < -0.3 is 5.11 Å². The summed E-state index contributed by atoms with van der Waals surface area (Å²) >= 11 is 0. The second-order valence-corrected chi connectivity index (χ2v) is 4.84. The number of hydrogen-bond donors (Lipinski definition) is 2. The van der Waals surface area contributed by atoms with Crippen molar-refractivity contribution in [2.45, 2.75) is 31.4 Å². The number of imide groups is 1. The van der Waals surface area contributed by atoms with Crippen molar-refractivity contribution in [3.8, 4) is 0 Å². The first-order chi connectivity index (χ1) is 9.02. The zero-order valence-corrected chi connectivity index (χ0v) is 10.1. The van der Waals surface area contributed by atoms with Gasteiger partial charge in [0.05, 0.1) is 0 Å². The zero-order valence-electron chi connectivity index (χ0n) is 10.1. The van der Waals surface area contributed by atoms with Crippen LogP contribution >= 0.6 is 0 Å². The summed E-state index contributed by atoms with van der Waals surface area (Å²) in [7, 11) is 0. The predicted octanol–water partition coefficient (Wildman–Crippen LogP) is 0.596. The Hall–Kier alpha value is -1.79. The number of fused-ring (bicyclic) bond motifs is 1. The van der Waals surface area contributed by atoms with Gasteiger partial charge in [-0.15, -0.1) is 0 Å². The maximum absolute atomic E-state index is 14.9. The summed E-state index contributed by atoms with van der Waals surface area (Å²) < 4.78 is 14.9. The van der Waals surface area contributed by atoms with E-state index in [0.29, 0.717) is 5.56 Å². The average molecular weight is 264 g/mol. The van der Waals surface area contributed by atoms with E-state index in [-0.39, 0.29) is 19.4 Å². The molecule has 2 aliphatic heterocycles. The lowest BCUT2D eigenvalue weighted by molar-refractivity contribution is -0.175. The van der Waals surface area contributed by atoms with Crippen molar-refractivity contribution in [2.75, 3.05) is 0 Å². The molecule has 2 aliphatic rings. The summed E-state index contributed by atoms with van der Waals surface area (Å²) in [6, 6.07) is 7.04. The molecule has 2 amide bonds. The number of benzene rings is 1. The Kier molecular flexibility index (Phi) is 2.65. The van der Waals surface area contributed by atoms with Gasteiger partial charge in [0, 0.05) is 19.4 Å². The number of amides is 2. The van der Waals surface area contributed by atoms with Gasteiger partial charge in [0.15, 0.2) is 0 Å². The van der Waals surface area contributed by atoms with Crippen LogP contribution in [0.3, 0.4) is 0 Å². The lowest BCUT2D eigenvalue weighted by atomic mass is 10.0. The molecular formula is C13H13FN2O3. The molecule has 0 spiro atoms. The molecule has 3 rings (SSSR count). The van der Waals surface area contributed by atoms with Crippen LogP contribution in [0.2, 0.25) is 0 Å². The van der Waals surface area contributed by atoms with Crippen molar-refractivity contribution in [3.05, 3.63) is 35.4 Å². The molecule has 1 saturated heterocycles. The van der Waals surface area contributed by atoms with Gasteiger partial charge in [0.1, 0.15) is 6.23 Å². The molecule has 1 aromatic rings. The van der Waals surface area contributed by atoms with Gasteiger partial charge in [-0.05, 0) is 11.1 Å². The number of alkyl halides is 1. The number of carbonyl (C=O) groups is 2. The van der Waals surface area contributed by atoms with E-state index in [1.54, 1.807) is 24.3 Å². The number of piperidine rings is 1. The highest BCUT2D eigenvalue weighted by Crippen LogP contribution is 2.40. The SMILES string of the molecule is O=C1CCC(F)(N2Cc3ccccc3C2O)C(=O)N1. The van der Waals surface area contributed by atoms with Gasteiger partial charge in [0.25, 0.3) is 5.91 Å². The third-order valence-corrected chi connectivity index (χ3v) is 3.71. The first kappa shape index (κ1) is 12.3. The Morgan fingerprint density at radius 3 is 2.79 bits per heavy atom. The third-order valence-electron chi connectivity index (χ3n) is 3.71.